The van der Waals surface area contributed by atoms with Crippen LogP contribution in [0.5, 0.6) is 0 Å². The minimum Gasteiger partial charge on any atom is -0.390 e. The second-order valence-electron chi connectivity index (χ2n) is 8.67. The maximum Gasteiger partial charge on any atom is 0.330 e. The first kappa shape index (κ1) is 24.6. The summed E-state index contributed by atoms with van der Waals surface area (Å²) in [6, 6.07) is 29.9. The summed E-state index contributed by atoms with van der Waals surface area (Å²) < 4.78 is 14.5. The standard InChI is InChI=1S/C28H25IN2O5/c29-22-17-31(27(34)30-26(22)33)25-16-23(32)24(36-25)18-35-28(19-10-4-1-5-11-19,20-12-6-2-7-13-20)21-14-8-3-9-15-21/h1-15,17,23-25,32H,16,18H2,(H,30,33,34)/t23?,24-,25-/m0/s1. The third-order valence-corrected chi connectivity index (χ3v) is 7.21. The summed E-state index contributed by atoms with van der Waals surface area (Å²) in [4.78, 5) is 26.4. The summed E-state index contributed by atoms with van der Waals surface area (Å²) in [5, 5.41) is 10.8. The maximum absolute atomic E-state index is 12.4. The molecule has 0 bridgehead atoms. The molecule has 0 aliphatic carbocycles. The van der Waals surface area contributed by atoms with E-state index >= 15 is 0 Å². The molecule has 1 fully saturated rings. The lowest BCUT2D eigenvalue weighted by Gasteiger charge is -2.37. The van der Waals surface area contributed by atoms with Crippen molar-refractivity contribution < 1.29 is 14.6 Å². The smallest absolute Gasteiger partial charge is 0.330 e. The Balaban J connectivity index is 1.50. The predicted molar refractivity (Wildman–Crippen MR) is 144 cm³/mol. The van der Waals surface area contributed by atoms with Crippen molar-refractivity contribution >= 4 is 22.6 Å². The van der Waals surface area contributed by atoms with Crippen LogP contribution in [0.25, 0.3) is 0 Å². The fourth-order valence-electron chi connectivity index (χ4n) is 4.69. The highest BCUT2D eigenvalue weighted by Gasteiger charge is 2.41. The molecule has 1 aliphatic heterocycles. The van der Waals surface area contributed by atoms with E-state index < -0.39 is 35.3 Å². The monoisotopic (exact) mass is 596 g/mol. The highest BCUT2D eigenvalue weighted by Crippen LogP contribution is 2.41. The highest BCUT2D eigenvalue weighted by molar-refractivity contribution is 14.1. The van der Waals surface area contributed by atoms with Crippen LogP contribution in [-0.4, -0.2) is 33.5 Å². The summed E-state index contributed by atoms with van der Waals surface area (Å²) in [7, 11) is 0. The van der Waals surface area contributed by atoms with Crippen LogP contribution < -0.4 is 11.2 Å². The van der Waals surface area contributed by atoms with Gasteiger partial charge in [0.2, 0.25) is 0 Å². The molecule has 1 aromatic heterocycles. The third kappa shape index (κ3) is 4.69. The van der Waals surface area contributed by atoms with Gasteiger partial charge in [-0.05, 0) is 39.3 Å². The zero-order chi connectivity index (χ0) is 25.1. The molecular weight excluding hydrogens is 571 g/mol. The van der Waals surface area contributed by atoms with E-state index in [-0.39, 0.29) is 13.0 Å². The van der Waals surface area contributed by atoms with E-state index in [1.807, 2.05) is 114 Å². The number of nitrogens with one attached hydrogen (secondary N) is 1. The Morgan fingerprint density at radius 1 is 0.917 bits per heavy atom. The Bertz CT molecular complexity index is 1330. The molecule has 0 radical (unpaired) electrons. The Hall–Kier alpha value is -3.05. The van der Waals surface area contributed by atoms with E-state index in [1.165, 1.54) is 10.8 Å². The van der Waals surface area contributed by atoms with Crippen LogP contribution in [-0.2, 0) is 15.1 Å². The van der Waals surface area contributed by atoms with E-state index in [0.29, 0.717) is 3.57 Å². The molecule has 36 heavy (non-hydrogen) atoms. The zero-order valence-corrected chi connectivity index (χ0v) is 21.4. The number of benzene rings is 3. The molecule has 8 heteroatoms. The lowest BCUT2D eigenvalue weighted by atomic mass is 9.80. The number of hydrogen-bond donors (Lipinski definition) is 2. The lowest BCUT2D eigenvalue weighted by Crippen LogP contribution is -2.38. The van der Waals surface area contributed by atoms with Crippen molar-refractivity contribution in [2.45, 2.75) is 30.5 Å². The number of aromatic nitrogens is 2. The predicted octanol–water partition coefficient (Wildman–Crippen LogP) is 3.80. The SMILES string of the molecule is O=c1[nH]c(=O)n([C@@H]2CC(O)[C@H](COC(c3ccccc3)(c3ccccc3)c3ccccc3)O2)cc1I. The lowest BCUT2D eigenvalue weighted by molar-refractivity contribution is -0.0944. The molecule has 2 N–H and O–H groups in total. The quantitative estimate of drug-likeness (QED) is 0.250. The van der Waals surface area contributed by atoms with Gasteiger partial charge in [-0.25, -0.2) is 4.79 Å². The molecule has 3 atom stereocenters. The number of aliphatic hydroxyl groups excluding tert-OH is 1. The molecule has 2 heterocycles. The van der Waals surface area contributed by atoms with Gasteiger partial charge in [-0.15, -0.1) is 0 Å². The molecule has 1 saturated heterocycles. The highest BCUT2D eigenvalue weighted by atomic mass is 127. The van der Waals surface area contributed by atoms with Crippen LogP contribution >= 0.6 is 22.6 Å². The summed E-state index contributed by atoms with van der Waals surface area (Å²) in [6.07, 6.45) is -0.602. The number of H-pyrrole nitrogens is 1. The molecule has 4 aromatic rings. The van der Waals surface area contributed by atoms with Crippen molar-refractivity contribution in [2.24, 2.45) is 0 Å². The first-order valence-corrected chi connectivity index (χ1v) is 12.7. The van der Waals surface area contributed by atoms with Crippen LogP contribution in [0.15, 0.2) is 107 Å². The first-order valence-electron chi connectivity index (χ1n) is 11.6. The number of halogens is 1. The second kappa shape index (κ2) is 10.5. The van der Waals surface area contributed by atoms with E-state index in [4.69, 9.17) is 9.47 Å². The van der Waals surface area contributed by atoms with Gasteiger partial charge >= 0.3 is 5.69 Å². The van der Waals surface area contributed by atoms with E-state index in [9.17, 15) is 14.7 Å². The van der Waals surface area contributed by atoms with Gasteiger partial charge in [0.15, 0.2) is 0 Å². The zero-order valence-electron chi connectivity index (χ0n) is 19.3. The van der Waals surface area contributed by atoms with Gasteiger partial charge in [0.25, 0.3) is 5.56 Å². The molecule has 0 saturated carbocycles. The molecule has 184 valence electrons. The van der Waals surface area contributed by atoms with Crippen molar-refractivity contribution in [3.8, 4) is 0 Å². The largest absolute Gasteiger partial charge is 0.390 e. The van der Waals surface area contributed by atoms with Gasteiger partial charge < -0.3 is 14.6 Å². The van der Waals surface area contributed by atoms with Crippen LogP contribution in [0.3, 0.4) is 0 Å². The molecule has 5 rings (SSSR count). The number of nitrogens with zero attached hydrogens (tertiary/aromatic N) is 1. The maximum atomic E-state index is 12.4. The Morgan fingerprint density at radius 2 is 1.42 bits per heavy atom. The van der Waals surface area contributed by atoms with Crippen molar-refractivity contribution in [1.82, 2.24) is 9.55 Å². The first-order chi connectivity index (χ1) is 17.5. The number of ether oxygens (including phenoxy) is 2. The van der Waals surface area contributed by atoms with Crippen LogP contribution in [0.4, 0.5) is 0 Å². The minimum atomic E-state index is -0.949. The van der Waals surface area contributed by atoms with Gasteiger partial charge in [-0.3, -0.25) is 14.3 Å². The van der Waals surface area contributed by atoms with E-state index in [1.54, 1.807) is 0 Å². The molecule has 1 aliphatic rings. The van der Waals surface area contributed by atoms with Crippen molar-refractivity contribution in [3.63, 3.8) is 0 Å². The van der Waals surface area contributed by atoms with Gasteiger partial charge in [0, 0.05) is 12.6 Å². The van der Waals surface area contributed by atoms with Gasteiger partial charge in [0.1, 0.15) is 17.9 Å². The van der Waals surface area contributed by atoms with Gasteiger partial charge in [-0.1, -0.05) is 91.0 Å². The molecule has 0 amide bonds. The number of aromatic amines is 1. The third-order valence-electron chi connectivity index (χ3n) is 6.44. The van der Waals surface area contributed by atoms with Crippen LogP contribution in [0, 0.1) is 3.57 Å². The molecular formula is C28H25IN2O5. The normalized spacial score (nSPS) is 19.9. The number of rotatable bonds is 7. The number of aliphatic hydroxyl groups is 1. The average Bonchev–Trinajstić information content (AvgIpc) is 3.28. The van der Waals surface area contributed by atoms with E-state index in [0.717, 1.165) is 16.7 Å². The van der Waals surface area contributed by atoms with Crippen LogP contribution in [0.2, 0.25) is 0 Å². The Morgan fingerprint density at radius 3 is 1.92 bits per heavy atom. The van der Waals surface area contributed by atoms with Crippen LogP contribution in [0.1, 0.15) is 29.3 Å². The van der Waals surface area contributed by atoms with Crippen molar-refractivity contribution in [3.05, 3.63) is 138 Å². The second-order valence-corrected chi connectivity index (χ2v) is 9.83. The minimum absolute atomic E-state index is 0.0749. The Kier molecular flexibility index (Phi) is 7.20. The summed E-state index contributed by atoms with van der Waals surface area (Å²) in [5.74, 6) is 0. The fraction of sp³-hybridized carbons (Fsp3) is 0.214. The summed E-state index contributed by atoms with van der Waals surface area (Å²) in [6.45, 7) is 0.0749. The molecule has 0 spiro atoms. The van der Waals surface area contributed by atoms with Gasteiger partial charge in [-0.2, -0.15) is 0 Å². The molecule has 7 nitrogen and oxygen atoms in total. The van der Waals surface area contributed by atoms with E-state index in [2.05, 4.69) is 4.98 Å². The van der Waals surface area contributed by atoms with Gasteiger partial charge in [0.05, 0.1) is 16.3 Å². The van der Waals surface area contributed by atoms with Crippen molar-refractivity contribution in [1.29, 1.82) is 0 Å². The summed E-state index contributed by atoms with van der Waals surface area (Å²) >= 11 is 1.86. The number of hydrogen-bond acceptors (Lipinski definition) is 5. The Labute approximate surface area is 221 Å². The van der Waals surface area contributed by atoms with Crippen molar-refractivity contribution in [2.75, 3.05) is 6.61 Å². The average molecular weight is 596 g/mol. The fourth-order valence-corrected chi connectivity index (χ4v) is 5.12. The molecule has 3 aromatic carbocycles. The topological polar surface area (TPSA) is 93.6 Å². The molecule has 1 unspecified atom stereocenters. The summed E-state index contributed by atoms with van der Waals surface area (Å²) in [5.41, 5.74) is 0.850.